The van der Waals surface area contributed by atoms with E-state index >= 15 is 0 Å². The number of benzene rings is 4. The van der Waals surface area contributed by atoms with E-state index in [0.717, 1.165) is 24.3 Å². The van der Waals surface area contributed by atoms with Crippen LogP contribution in [0.25, 0.3) is 0 Å². The van der Waals surface area contributed by atoms with E-state index in [2.05, 4.69) is 0 Å². The Bertz CT molecular complexity index is 2100. The molecule has 0 heterocycles. The molecule has 4 amide bonds. The fourth-order valence-electron chi connectivity index (χ4n) is 3.58. The van der Waals surface area contributed by atoms with Crippen LogP contribution in [-0.2, 0) is 57.0 Å². The van der Waals surface area contributed by atoms with Gasteiger partial charge in [0, 0.05) is 16.5 Å². The van der Waals surface area contributed by atoms with Crippen LogP contribution in [0.3, 0.4) is 0 Å². The van der Waals surface area contributed by atoms with Crippen LogP contribution < -0.4 is 22.9 Å². The number of carbonyl (C=O) groups excluding carboxylic acids is 4. The molecule has 0 aliphatic rings. The fraction of sp³-hybridized carbons (Fsp3) is 0. The molecule has 53 heavy (non-hydrogen) atoms. The maximum atomic E-state index is 10.7. The van der Waals surface area contributed by atoms with Crippen molar-refractivity contribution in [3.05, 3.63) is 119 Å². The third-order valence-corrected chi connectivity index (χ3v) is 9.37. The number of carbonyl (C=O) groups is 4. The quantitative estimate of drug-likeness (QED) is 0.0862. The first-order chi connectivity index (χ1) is 23.7. The SMILES string of the molecule is NC(=O)c1ccccc1S(=O)(=O)O.NC(=O)c1ccccc1S(=O)(=O)O.NC(=O)c1ccccc1S(=O)(=O)O.NC(=O)c1ccccc1S(=O)(=O)O.[Ni]. The summed E-state index contributed by atoms with van der Waals surface area (Å²) in [5.41, 5.74) is 18.7. The standard InChI is InChI=1S/4C7H7NO4S.Ni/c4*8-7(9)5-3-1-2-4-6(5)13(10,11)12;/h4*1-4H,(H2,8,9)(H,10,11,12);. The van der Waals surface area contributed by atoms with Gasteiger partial charge in [0.25, 0.3) is 40.5 Å². The Morgan fingerprint density at radius 3 is 0.566 bits per heavy atom. The van der Waals surface area contributed by atoms with Crippen LogP contribution in [-0.4, -0.2) is 75.5 Å². The Balaban J connectivity index is 0.000000676. The summed E-state index contributed by atoms with van der Waals surface area (Å²) in [6.45, 7) is 0. The number of hydrogen-bond donors (Lipinski definition) is 8. The molecule has 0 unspecified atom stereocenters. The van der Waals surface area contributed by atoms with E-state index in [9.17, 15) is 52.8 Å². The predicted octanol–water partition coefficient (Wildman–Crippen LogP) is 0.126. The van der Waals surface area contributed by atoms with Gasteiger partial charge >= 0.3 is 0 Å². The molecule has 25 heteroatoms. The van der Waals surface area contributed by atoms with Crippen molar-refractivity contribution in [2.75, 3.05) is 0 Å². The molecule has 4 aromatic rings. The zero-order chi connectivity index (χ0) is 40.2. The maximum absolute atomic E-state index is 10.7. The number of rotatable bonds is 8. The van der Waals surface area contributed by atoms with Crippen molar-refractivity contribution in [1.82, 2.24) is 0 Å². The molecule has 0 radical (unpaired) electrons. The molecular weight excluding hydrogens is 835 g/mol. The van der Waals surface area contributed by atoms with E-state index in [1.54, 1.807) is 0 Å². The van der Waals surface area contributed by atoms with Crippen molar-refractivity contribution in [2.45, 2.75) is 19.6 Å². The van der Waals surface area contributed by atoms with Crippen LogP contribution >= 0.6 is 0 Å². The van der Waals surface area contributed by atoms with Crippen molar-refractivity contribution in [1.29, 1.82) is 0 Å². The van der Waals surface area contributed by atoms with Gasteiger partial charge in [-0.05, 0) is 48.5 Å². The average Bonchev–Trinajstić information content (AvgIpc) is 3.04. The van der Waals surface area contributed by atoms with Crippen LogP contribution in [0.1, 0.15) is 41.4 Å². The molecule has 20 nitrogen and oxygen atoms in total. The average molecular weight is 864 g/mol. The van der Waals surface area contributed by atoms with Crippen LogP contribution in [0, 0.1) is 0 Å². The van der Waals surface area contributed by atoms with Crippen LogP contribution in [0.5, 0.6) is 0 Å². The smallest absolute Gasteiger partial charge is 0.295 e. The van der Waals surface area contributed by atoms with Crippen LogP contribution in [0.15, 0.2) is 117 Å². The normalized spacial score (nSPS) is 10.9. The largest absolute Gasteiger partial charge is 0.366 e. The van der Waals surface area contributed by atoms with Gasteiger partial charge < -0.3 is 22.9 Å². The van der Waals surface area contributed by atoms with Gasteiger partial charge in [0.1, 0.15) is 19.6 Å². The van der Waals surface area contributed by atoms with Gasteiger partial charge in [0.2, 0.25) is 23.6 Å². The molecule has 0 aliphatic heterocycles. The summed E-state index contributed by atoms with van der Waals surface area (Å²) in [6, 6.07) is 20.7. The Morgan fingerprint density at radius 2 is 0.472 bits per heavy atom. The molecule has 0 atom stereocenters. The molecule has 0 spiro atoms. The fourth-order valence-corrected chi connectivity index (χ4v) is 6.37. The minimum atomic E-state index is -4.38. The van der Waals surface area contributed by atoms with Crippen LogP contribution in [0.2, 0.25) is 0 Å². The topological polar surface area (TPSA) is 390 Å². The zero-order valence-corrected chi connectivity index (χ0v) is 30.4. The first-order valence-corrected chi connectivity index (χ1v) is 18.9. The molecule has 290 valence electrons. The molecule has 0 bridgehead atoms. The summed E-state index contributed by atoms with van der Waals surface area (Å²) in [5, 5.41) is 0. The number of amides is 4. The third-order valence-electron chi connectivity index (χ3n) is 5.72. The van der Waals surface area contributed by atoms with Gasteiger partial charge in [-0.25, -0.2) is 0 Å². The number of primary amides is 4. The predicted molar refractivity (Wildman–Crippen MR) is 179 cm³/mol. The van der Waals surface area contributed by atoms with E-state index < -0.39 is 83.7 Å². The summed E-state index contributed by atoms with van der Waals surface area (Å²) in [4.78, 5) is 41.0. The summed E-state index contributed by atoms with van der Waals surface area (Å²) >= 11 is 0. The minimum Gasteiger partial charge on any atom is -0.366 e. The van der Waals surface area contributed by atoms with Gasteiger partial charge in [-0.3, -0.25) is 37.4 Å². The van der Waals surface area contributed by atoms with Crippen molar-refractivity contribution in [3.8, 4) is 0 Å². The van der Waals surface area contributed by atoms with Gasteiger partial charge in [0.15, 0.2) is 0 Å². The Labute approximate surface area is 312 Å². The van der Waals surface area contributed by atoms with E-state index in [4.69, 9.17) is 41.1 Å². The van der Waals surface area contributed by atoms with Crippen LogP contribution in [0.4, 0.5) is 0 Å². The maximum Gasteiger partial charge on any atom is 0.295 e. The van der Waals surface area contributed by atoms with Gasteiger partial charge in [-0.1, -0.05) is 48.5 Å². The molecular formula is C28H28N4NiO16S4. The molecule has 12 N–H and O–H groups in total. The minimum absolute atomic E-state index is 0. The molecule has 4 rings (SSSR count). The van der Waals surface area contributed by atoms with E-state index in [1.165, 1.54) is 72.8 Å². The summed E-state index contributed by atoms with van der Waals surface area (Å²) < 4.78 is 120. The first kappa shape index (κ1) is 47.9. The molecule has 0 fully saturated rings. The summed E-state index contributed by atoms with van der Waals surface area (Å²) in [5.74, 6) is -3.58. The summed E-state index contributed by atoms with van der Waals surface area (Å²) in [6.07, 6.45) is 0. The second kappa shape index (κ2) is 19.7. The summed E-state index contributed by atoms with van der Waals surface area (Å²) in [7, 11) is -17.5. The van der Waals surface area contributed by atoms with Crippen molar-refractivity contribution >= 4 is 64.1 Å². The van der Waals surface area contributed by atoms with Gasteiger partial charge in [0.05, 0.1) is 22.3 Å². The van der Waals surface area contributed by atoms with Crippen molar-refractivity contribution < 1.29 is 87.6 Å². The van der Waals surface area contributed by atoms with Crippen molar-refractivity contribution in [3.63, 3.8) is 0 Å². The Kier molecular flexibility index (Phi) is 17.8. The molecule has 0 saturated carbocycles. The van der Waals surface area contributed by atoms with Crippen molar-refractivity contribution in [2.24, 2.45) is 22.9 Å². The van der Waals surface area contributed by atoms with Gasteiger partial charge in [-0.15, -0.1) is 0 Å². The molecule has 0 aliphatic carbocycles. The monoisotopic (exact) mass is 862 g/mol. The number of nitrogens with two attached hydrogens (primary N) is 4. The van der Waals surface area contributed by atoms with E-state index in [-0.39, 0.29) is 38.7 Å². The third kappa shape index (κ3) is 15.2. The van der Waals surface area contributed by atoms with E-state index in [1.807, 2.05) is 0 Å². The number of hydrogen-bond acceptors (Lipinski definition) is 12. The second-order valence-corrected chi connectivity index (χ2v) is 14.9. The first-order valence-electron chi connectivity index (χ1n) is 13.2. The second-order valence-electron chi connectivity index (χ2n) is 9.34. The Morgan fingerprint density at radius 1 is 0.340 bits per heavy atom. The molecule has 0 saturated heterocycles. The molecule has 0 aromatic heterocycles. The Hall–Kier alpha value is -5.11. The molecule has 4 aromatic carbocycles. The van der Waals surface area contributed by atoms with Gasteiger partial charge in [-0.2, -0.15) is 33.7 Å². The van der Waals surface area contributed by atoms with E-state index in [0.29, 0.717) is 0 Å². The zero-order valence-electron chi connectivity index (χ0n) is 26.2.